The molecule has 6 heteroatoms. The number of anilines is 1. The molecule has 0 radical (unpaired) electrons. The minimum Gasteiger partial charge on any atom is -0.376 e. The van der Waals surface area contributed by atoms with E-state index in [-0.39, 0.29) is 6.04 Å². The Morgan fingerprint density at radius 3 is 2.72 bits per heavy atom. The Bertz CT molecular complexity index is 570. The van der Waals surface area contributed by atoms with Crippen LogP contribution in [0.4, 0.5) is 5.69 Å². The average molecular weight is 347 g/mol. The van der Waals surface area contributed by atoms with Crippen molar-refractivity contribution >= 4 is 44.6 Å². The van der Waals surface area contributed by atoms with Crippen molar-refractivity contribution in [2.24, 2.45) is 0 Å². The summed E-state index contributed by atoms with van der Waals surface area (Å²) >= 11 is 11.0. The number of hydrogen-bond acceptors (Lipinski definition) is 4. The summed E-state index contributed by atoms with van der Waals surface area (Å²) in [6.45, 7) is 6.17. The van der Waals surface area contributed by atoms with Gasteiger partial charge in [-0.1, -0.05) is 11.6 Å². The van der Waals surface area contributed by atoms with E-state index in [4.69, 9.17) is 11.6 Å². The highest BCUT2D eigenvalue weighted by Gasteiger charge is 2.13. The summed E-state index contributed by atoms with van der Waals surface area (Å²) in [6, 6.07) is 2.13. The number of pyridine rings is 1. The number of nitrogens with one attached hydrogen (secondary N) is 1. The van der Waals surface area contributed by atoms with Gasteiger partial charge in [0.25, 0.3) is 0 Å². The molecule has 0 amide bonds. The molecule has 1 N–H and O–H groups in total. The molecule has 0 aliphatic heterocycles. The first kappa shape index (κ1) is 13.8. The number of aromatic nitrogens is 2. The van der Waals surface area contributed by atoms with Crippen molar-refractivity contribution in [1.82, 2.24) is 9.97 Å². The van der Waals surface area contributed by atoms with Crippen LogP contribution < -0.4 is 5.32 Å². The van der Waals surface area contributed by atoms with Gasteiger partial charge in [0, 0.05) is 4.88 Å². The molecule has 0 spiro atoms. The smallest absolute Gasteiger partial charge is 0.143 e. The molecule has 2 aromatic heterocycles. The van der Waals surface area contributed by atoms with Crippen LogP contribution >= 0.6 is 38.9 Å². The van der Waals surface area contributed by atoms with Gasteiger partial charge >= 0.3 is 0 Å². The van der Waals surface area contributed by atoms with E-state index in [1.54, 1.807) is 17.5 Å². The highest BCUT2D eigenvalue weighted by atomic mass is 79.9. The Labute approximate surface area is 124 Å². The van der Waals surface area contributed by atoms with Crippen LogP contribution in [0.1, 0.15) is 28.5 Å². The first-order chi connectivity index (χ1) is 8.47. The van der Waals surface area contributed by atoms with Crippen molar-refractivity contribution in [2.45, 2.75) is 26.8 Å². The number of rotatable bonds is 3. The predicted molar refractivity (Wildman–Crippen MR) is 80.6 cm³/mol. The van der Waals surface area contributed by atoms with Gasteiger partial charge in [-0.25, -0.2) is 9.97 Å². The maximum atomic E-state index is 5.87. The molecule has 0 aromatic carbocycles. The Morgan fingerprint density at radius 2 is 2.17 bits per heavy atom. The highest BCUT2D eigenvalue weighted by molar-refractivity contribution is 9.10. The third-order valence-corrected chi connectivity index (χ3v) is 4.90. The van der Waals surface area contributed by atoms with Crippen LogP contribution in [0.25, 0.3) is 0 Å². The first-order valence-corrected chi connectivity index (χ1v) is 7.47. The lowest BCUT2D eigenvalue weighted by Crippen LogP contribution is -2.06. The van der Waals surface area contributed by atoms with Gasteiger partial charge in [0.2, 0.25) is 0 Å². The highest BCUT2D eigenvalue weighted by Crippen LogP contribution is 2.29. The monoisotopic (exact) mass is 345 g/mol. The Balaban J connectivity index is 2.18. The van der Waals surface area contributed by atoms with Crippen LogP contribution in [0.2, 0.25) is 5.15 Å². The van der Waals surface area contributed by atoms with Crippen LogP contribution in [-0.2, 0) is 0 Å². The number of halogens is 2. The minimum atomic E-state index is 0.200. The lowest BCUT2D eigenvalue weighted by Gasteiger charge is -2.14. The minimum absolute atomic E-state index is 0.200. The van der Waals surface area contributed by atoms with E-state index in [1.807, 2.05) is 19.9 Å². The zero-order valence-electron chi connectivity index (χ0n) is 10.3. The number of thiazole rings is 1. The quantitative estimate of drug-likeness (QED) is 0.815. The van der Waals surface area contributed by atoms with Gasteiger partial charge in [0.05, 0.1) is 33.1 Å². The van der Waals surface area contributed by atoms with Crippen molar-refractivity contribution in [1.29, 1.82) is 0 Å². The van der Waals surface area contributed by atoms with E-state index >= 15 is 0 Å². The maximum absolute atomic E-state index is 5.87. The third-order valence-electron chi connectivity index (χ3n) is 2.51. The molecule has 96 valence electrons. The number of nitrogens with zero attached hydrogens (tertiary/aromatic N) is 2. The van der Waals surface area contributed by atoms with Gasteiger partial charge in [-0.2, -0.15) is 0 Å². The van der Waals surface area contributed by atoms with Crippen molar-refractivity contribution in [2.75, 3.05) is 5.32 Å². The van der Waals surface area contributed by atoms with E-state index in [1.165, 1.54) is 4.88 Å². The van der Waals surface area contributed by atoms with Gasteiger partial charge in [-0.05, 0) is 42.8 Å². The number of aryl methyl sites for hydroxylation is 2. The third kappa shape index (κ3) is 3.02. The first-order valence-electron chi connectivity index (χ1n) is 5.49. The summed E-state index contributed by atoms with van der Waals surface area (Å²) in [5.74, 6) is 0. The van der Waals surface area contributed by atoms with Crippen molar-refractivity contribution in [3.63, 3.8) is 0 Å². The lowest BCUT2D eigenvalue weighted by molar-refractivity contribution is 0.887. The summed E-state index contributed by atoms with van der Waals surface area (Å²) < 4.78 is 0.790. The molecule has 2 aromatic rings. The molecule has 0 saturated carbocycles. The van der Waals surface area contributed by atoms with E-state index in [0.29, 0.717) is 5.15 Å². The summed E-state index contributed by atoms with van der Waals surface area (Å²) in [7, 11) is 0. The second-order valence-electron chi connectivity index (χ2n) is 4.05. The lowest BCUT2D eigenvalue weighted by atomic mass is 10.2. The predicted octanol–water partition coefficient (Wildman–Crippen LogP) is 4.74. The molecule has 0 bridgehead atoms. The molecule has 18 heavy (non-hydrogen) atoms. The molecule has 1 atom stereocenters. The maximum Gasteiger partial charge on any atom is 0.143 e. The van der Waals surface area contributed by atoms with Crippen molar-refractivity contribution in [3.05, 3.63) is 37.5 Å². The van der Waals surface area contributed by atoms with Gasteiger partial charge in [0.15, 0.2) is 0 Å². The molecule has 2 heterocycles. The molecular weight excluding hydrogens is 334 g/mol. The standard InChI is InChI=1S/C12H13BrClN3S/c1-6-11(18-8(3)16-6)7(2)17-9-4-10(13)12(14)15-5-9/h4-5,7,17H,1-3H3. The van der Waals surface area contributed by atoms with Crippen LogP contribution in [0, 0.1) is 13.8 Å². The van der Waals surface area contributed by atoms with Crippen molar-refractivity contribution < 1.29 is 0 Å². The molecule has 0 saturated heterocycles. The Morgan fingerprint density at radius 1 is 1.44 bits per heavy atom. The molecule has 2 rings (SSSR count). The summed E-state index contributed by atoms with van der Waals surface area (Å²) in [4.78, 5) is 9.78. The molecule has 0 aliphatic rings. The van der Waals surface area contributed by atoms with Crippen molar-refractivity contribution in [3.8, 4) is 0 Å². The molecular formula is C12H13BrClN3S. The van der Waals surface area contributed by atoms with Gasteiger partial charge < -0.3 is 5.32 Å². The van der Waals surface area contributed by atoms with E-state index < -0.39 is 0 Å². The van der Waals surface area contributed by atoms with E-state index in [2.05, 4.69) is 38.1 Å². The van der Waals surface area contributed by atoms with E-state index in [0.717, 1.165) is 20.9 Å². The molecule has 0 fully saturated rings. The van der Waals surface area contributed by atoms with Crippen LogP contribution in [0.3, 0.4) is 0 Å². The SMILES string of the molecule is Cc1nc(C)c(C(C)Nc2cnc(Cl)c(Br)c2)s1. The Kier molecular flexibility index (Phi) is 4.25. The summed E-state index contributed by atoms with van der Waals surface area (Å²) in [5.41, 5.74) is 2.02. The second-order valence-corrected chi connectivity index (χ2v) is 6.49. The van der Waals surface area contributed by atoms with E-state index in [9.17, 15) is 0 Å². The topological polar surface area (TPSA) is 37.8 Å². The van der Waals surface area contributed by atoms with Crippen LogP contribution in [-0.4, -0.2) is 9.97 Å². The van der Waals surface area contributed by atoms with Crippen LogP contribution in [0.5, 0.6) is 0 Å². The second kappa shape index (κ2) is 5.55. The average Bonchev–Trinajstić information content (AvgIpc) is 2.63. The zero-order chi connectivity index (χ0) is 13.3. The molecule has 0 aliphatic carbocycles. The number of hydrogen-bond donors (Lipinski definition) is 1. The summed E-state index contributed by atoms with van der Waals surface area (Å²) in [5, 5.41) is 4.96. The van der Waals surface area contributed by atoms with Crippen LogP contribution in [0.15, 0.2) is 16.7 Å². The fourth-order valence-electron chi connectivity index (χ4n) is 1.76. The normalized spacial score (nSPS) is 12.5. The van der Waals surface area contributed by atoms with Gasteiger partial charge in [-0.15, -0.1) is 11.3 Å². The van der Waals surface area contributed by atoms with Gasteiger partial charge in [0.1, 0.15) is 5.15 Å². The molecule has 1 unspecified atom stereocenters. The zero-order valence-corrected chi connectivity index (χ0v) is 13.4. The van der Waals surface area contributed by atoms with Gasteiger partial charge in [-0.3, -0.25) is 0 Å². The Hall–Kier alpha value is -0.650. The largest absolute Gasteiger partial charge is 0.376 e. The fraction of sp³-hybridized carbons (Fsp3) is 0.333. The fourth-order valence-corrected chi connectivity index (χ4v) is 3.15. The molecule has 3 nitrogen and oxygen atoms in total. The summed E-state index contributed by atoms with van der Waals surface area (Å²) in [6.07, 6.45) is 1.73.